The van der Waals surface area contributed by atoms with E-state index in [2.05, 4.69) is 17.5 Å². The first-order valence-corrected chi connectivity index (χ1v) is 6.53. The van der Waals surface area contributed by atoms with Crippen LogP contribution in [0.4, 0.5) is 0 Å². The minimum Gasteiger partial charge on any atom is -0.495 e. The van der Waals surface area contributed by atoms with Crippen LogP contribution in [0.25, 0.3) is 0 Å². The Morgan fingerprint density at radius 3 is 2.72 bits per heavy atom. The van der Waals surface area contributed by atoms with E-state index < -0.39 is 0 Å². The number of hydrogen-bond donors (Lipinski definition) is 1. The molecule has 1 aliphatic rings. The van der Waals surface area contributed by atoms with Crippen LogP contribution in [0.2, 0.25) is 0 Å². The lowest BCUT2D eigenvalue weighted by atomic mass is 9.89. The molecule has 0 bridgehead atoms. The van der Waals surface area contributed by atoms with Gasteiger partial charge in [0.1, 0.15) is 11.8 Å². The quantitative estimate of drug-likeness (QED) is 0.888. The molecular formula is C15H20N2O. The fourth-order valence-electron chi connectivity index (χ4n) is 2.74. The molecule has 0 aromatic heterocycles. The lowest BCUT2D eigenvalue weighted by Gasteiger charge is -2.23. The molecule has 3 heteroatoms. The summed E-state index contributed by atoms with van der Waals surface area (Å²) < 4.78 is 5.28. The van der Waals surface area contributed by atoms with Gasteiger partial charge in [0, 0.05) is 0 Å². The summed E-state index contributed by atoms with van der Waals surface area (Å²) in [5.74, 6) is 1.46. The van der Waals surface area contributed by atoms with Crippen molar-refractivity contribution >= 4 is 0 Å². The van der Waals surface area contributed by atoms with Gasteiger partial charge < -0.3 is 10.1 Å². The van der Waals surface area contributed by atoms with Crippen LogP contribution in [0.5, 0.6) is 5.75 Å². The fraction of sp³-hybridized carbons (Fsp3) is 0.533. The van der Waals surface area contributed by atoms with E-state index in [4.69, 9.17) is 10.00 Å². The first-order valence-electron chi connectivity index (χ1n) is 6.53. The summed E-state index contributed by atoms with van der Waals surface area (Å²) in [7, 11) is 1.62. The SMILES string of the molecule is COc1c(C)cc(CC2CCNCC2)cc1C#N. The molecule has 2 rings (SSSR count). The summed E-state index contributed by atoms with van der Waals surface area (Å²) in [6.07, 6.45) is 3.53. The lowest BCUT2D eigenvalue weighted by Crippen LogP contribution is -2.28. The monoisotopic (exact) mass is 244 g/mol. The van der Waals surface area contributed by atoms with Crippen LogP contribution in [-0.4, -0.2) is 20.2 Å². The van der Waals surface area contributed by atoms with Crippen LogP contribution in [0.1, 0.15) is 29.5 Å². The van der Waals surface area contributed by atoms with Gasteiger partial charge in [0.05, 0.1) is 12.7 Å². The third-order valence-electron chi connectivity index (χ3n) is 3.64. The molecule has 3 nitrogen and oxygen atoms in total. The van der Waals surface area contributed by atoms with Gasteiger partial charge in [0.2, 0.25) is 0 Å². The van der Waals surface area contributed by atoms with E-state index in [0.29, 0.717) is 11.3 Å². The van der Waals surface area contributed by atoms with Crippen molar-refractivity contribution in [3.63, 3.8) is 0 Å². The predicted molar refractivity (Wildman–Crippen MR) is 71.7 cm³/mol. The second-order valence-electron chi connectivity index (χ2n) is 5.00. The molecule has 1 aliphatic heterocycles. The molecule has 18 heavy (non-hydrogen) atoms. The van der Waals surface area contributed by atoms with Crippen LogP contribution < -0.4 is 10.1 Å². The number of benzene rings is 1. The van der Waals surface area contributed by atoms with Crippen molar-refractivity contribution in [1.29, 1.82) is 5.26 Å². The summed E-state index contributed by atoms with van der Waals surface area (Å²) in [5.41, 5.74) is 2.97. The van der Waals surface area contributed by atoms with Crippen molar-refractivity contribution in [2.75, 3.05) is 20.2 Å². The van der Waals surface area contributed by atoms with Crippen LogP contribution in [0.3, 0.4) is 0 Å². The summed E-state index contributed by atoms with van der Waals surface area (Å²) in [4.78, 5) is 0. The molecule has 1 fully saturated rings. The summed E-state index contributed by atoms with van der Waals surface area (Å²) in [5, 5.41) is 12.5. The third kappa shape index (κ3) is 2.83. The molecule has 0 amide bonds. The van der Waals surface area contributed by atoms with Crippen LogP contribution in [-0.2, 0) is 6.42 Å². The van der Waals surface area contributed by atoms with Gasteiger partial charge in [0.15, 0.2) is 0 Å². The molecule has 1 heterocycles. The highest BCUT2D eigenvalue weighted by atomic mass is 16.5. The molecule has 0 atom stereocenters. The average molecular weight is 244 g/mol. The molecular weight excluding hydrogens is 224 g/mol. The summed E-state index contributed by atoms with van der Waals surface area (Å²) in [6, 6.07) is 6.36. The molecule has 1 saturated heterocycles. The molecule has 1 aromatic rings. The van der Waals surface area contributed by atoms with Crippen molar-refractivity contribution in [2.45, 2.75) is 26.2 Å². The largest absolute Gasteiger partial charge is 0.495 e. The molecule has 0 aliphatic carbocycles. The van der Waals surface area contributed by atoms with Crippen molar-refractivity contribution < 1.29 is 4.74 Å². The lowest BCUT2D eigenvalue weighted by molar-refractivity contribution is 0.372. The summed E-state index contributed by atoms with van der Waals surface area (Å²) in [6.45, 7) is 4.24. The van der Waals surface area contributed by atoms with E-state index in [0.717, 1.165) is 31.0 Å². The number of rotatable bonds is 3. The maximum Gasteiger partial charge on any atom is 0.139 e. The van der Waals surface area contributed by atoms with Gasteiger partial charge in [-0.05, 0) is 62.4 Å². The number of piperidine rings is 1. The fourth-order valence-corrected chi connectivity index (χ4v) is 2.74. The first-order chi connectivity index (χ1) is 8.74. The molecule has 0 saturated carbocycles. The average Bonchev–Trinajstić information content (AvgIpc) is 2.39. The van der Waals surface area contributed by atoms with Gasteiger partial charge in [0.25, 0.3) is 0 Å². The van der Waals surface area contributed by atoms with E-state index in [-0.39, 0.29) is 0 Å². The Bertz CT molecular complexity index is 456. The maximum absolute atomic E-state index is 9.16. The number of ether oxygens (including phenoxy) is 1. The van der Waals surface area contributed by atoms with Gasteiger partial charge in [-0.15, -0.1) is 0 Å². The number of methoxy groups -OCH3 is 1. The number of nitriles is 1. The van der Waals surface area contributed by atoms with Gasteiger partial charge in [-0.2, -0.15) is 5.26 Å². The molecule has 0 unspecified atom stereocenters. The van der Waals surface area contributed by atoms with Gasteiger partial charge >= 0.3 is 0 Å². The van der Waals surface area contributed by atoms with Gasteiger partial charge in [-0.3, -0.25) is 0 Å². The van der Waals surface area contributed by atoms with Crippen LogP contribution >= 0.6 is 0 Å². The second kappa shape index (κ2) is 5.88. The van der Waals surface area contributed by atoms with E-state index in [9.17, 15) is 0 Å². The Hall–Kier alpha value is -1.53. The highest BCUT2D eigenvalue weighted by Gasteiger charge is 2.15. The molecule has 1 aromatic carbocycles. The third-order valence-corrected chi connectivity index (χ3v) is 3.64. The molecule has 96 valence electrons. The number of aryl methyl sites for hydroxylation is 1. The number of nitrogens with one attached hydrogen (secondary N) is 1. The Morgan fingerprint density at radius 2 is 2.11 bits per heavy atom. The second-order valence-corrected chi connectivity index (χ2v) is 5.00. The van der Waals surface area contributed by atoms with Crippen LogP contribution in [0.15, 0.2) is 12.1 Å². The highest BCUT2D eigenvalue weighted by Crippen LogP contribution is 2.27. The topological polar surface area (TPSA) is 45.0 Å². The van der Waals surface area contributed by atoms with E-state index in [1.165, 1.54) is 18.4 Å². The minimum atomic E-state index is 0.654. The predicted octanol–water partition coefficient (Wildman–Crippen LogP) is 2.42. The van der Waals surface area contributed by atoms with Crippen molar-refractivity contribution in [2.24, 2.45) is 5.92 Å². The Balaban J connectivity index is 2.18. The van der Waals surface area contributed by atoms with Gasteiger partial charge in [-0.25, -0.2) is 0 Å². The maximum atomic E-state index is 9.16. The summed E-state index contributed by atoms with van der Waals surface area (Å²) >= 11 is 0. The Morgan fingerprint density at radius 1 is 1.39 bits per heavy atom. The Labute approximate surface area is 109 Å². The van der Waals surface area contributed by atoms with E-state index >= 15 is 0 Å². The number of nitrogens with zero attached hydrogens (tertiary/aromatic N) is 1. The van der Waals surface area contributed by atoms with Crippen molar-refractivity contribution in [3.8, 4) is 11.8 Å². The number of hydrogen-bond acceptors (Lipinski definition) is 3. The normalized spacial score (nSPS) is 16.3. The van der Waals surface area contributed by atoms with Crippen molar-refractivity contribution in [1.82, 2.24) is 5.32 Å². The highest BCUT2D eigenvalue weighted by molar-refractivity contribution is 5.50. The zero-order valence-electron chi connectivity index (χ0n) is 11.1. The van der Waals surface area contributed by atoms with Crippen LogP contribution in [0, 0.1) is 24.2 Å². The zero-order valence-corrected chi connectivity index (χ0v) is 11.1. The molecule has 0 spiro atoms. The molecule has 1 N–H and O–H groups in total. The molecule has 0 radical (unpaired) electrons. The zero-order chi connectivity index (χ0) is 13.0. The van der Waals surface area contributed by atoms with Crippen molar-refractivity contribution in [3.05, 3.63) is 28.8 Å². The van der Waals surface area contributed by atoms with E-state index in [1.54, 1.807) is 7.11 Å². The standard InChI is InChI=1S/C15H20N2O/c1-11-7-13(8-12-3-5-17-6-4-12)9-14(10-16)15(11)18-2/h7,9,12,17H,3-6,8H2,1-2H3. The van der Waals surface area contributed by atoms with Gasteiger partial charge in [-0.1, -0.05) is 6.07 Å². The smallest absolute Gasteiger partial charge is 0.139 e. The van der Waals surface area contributed by atoms with E-state index in [1.807, 2.05) is 13.0 Å². The minimum absolute atomic E-state index is 0.654. The first kappa shape index (κ1) is 12.9. The Kier molecular flexibility index (Phi) is 4.22.